The molecule has 6 aromatic rings. The summed E-state index contributed by atoms with van der Waals surface area (Å²) in [4.78, 5) is 0. The number of benzene rings is 6. The van der Waals surface area contributed by atoms with E-state index in [2.05, 4.69) is 240 Å². The van der Waals surface area contributed by atoms with Crippen LogP contribution in [0.2, 0.25) is 0 Å². The molecule has 0 nitrogen and oxygen atoms in total. The molecule has 0 saturated carbocycles. The summed E-state index contributed by atoms with van der Waals surface area (Å²) < 4.78 is 0. The van der Waals surface area contributed by atoms with E-state index in [0.717, 1.165) is 51.4 Å². The fourth-order valence-electron chi connectivity index (χ4n) is 11.1. The second-order valence-corrected chi connectivity index (χ2v) is 21.4. The molecule has 0 heterocycles. The van der Waals surface area contributed by atoms with E-state index in [-0.39, 0.29) is 48.6 Å². The van der Waals surface area contributed by atoms with Gasteiger partial charge < -0.3 is 0 Å². The zero-order valence-electron chi connectivity index (χ0n) is 45.8. The first-order valence-corrected chi connectivity index (χ1v) is 26.4. The van der Waals surface area contributed by atoms with Crippen molar-refractivity contribution < 1.29 is 37.7 Å². The van der Waals surface area contributed by atoms with Crippen LogP contribution in [-0.2, 0) is 10.8 Å². The Morgan fingerprint density at radius 3 is 1.23 bits per heavy atom. The molecule has 70 heavy (non-hydrogen) atoms. The van der Waals surface area contributed by atoms with Crippen LogP contribution in [0, 0.1) is 63.2 Å². The predicted molar refractivity (Wildman–Crippen MR) is 295 cm³/mol. The molecule has 0 saturated heterocycles. The van der Waals surface area contributed by atoms with Crippen LogP contribution in [0.15, 0.2) is 169 Å². The van der Waals surface area contributed by atoms with E-state index >= 15 is 0 Å². The van der Waals surface area contributed by atoms with Crippen molar-refractivity contribution in [3.63, 3.8) is 0 Å². The number of hydrogen-bond acceptors (Lipinski definition) is 0. The molecule has 6 unspecified atom stereocenters. The van der Waals surface area contributed by atoms with Crippen molar-refractivity contribution in [2.24, 2.45) is 23.7 Å². The van der Waals surface area contributed by atoms with Crippen LogP contribution >= 0.6 is 0 Å². The second-order valence-electron chi connectivity index (χ2n) is 21.4. The zero-order chi connectivity index (χ0) is 48.4. The third-order valence-electron chi connectivity index (χ3n) is 15.9. The fraction of sp³-hybridized carbons (Fsp3) is 0.382. The summed E-state index contributed by atoms with van der Waals surface area (Å²) in [6, 6.07) is 56.9. The Morgan fingerprint density at radius 2 is 0.814 bits per heavy atom. The van der Waals surface area contributed by atoms with Gasteiger partial charge in [0.1, 0.15) is 0 Å². The first kappa shape index (κ1) is 56.6. The third-order valence-corrected chi connectivity index (χ3v) is 15.9. The maximum Gasteiger partial charge on any atom is 1.00 e. The average molecular weight is 913 g/mol. The van der Waals surface area contributed by atoms with Gasteiger partial charge in [-0.25, -0.2) is 0 Å². The first-order chi connectivity index (χ1) is 32.8. The maximum absolute atomic E-state index is 2.60. The van der Waals surface area contributed by atoms with Crippen molar-refractivity contribution >= 4 is 0 Å². The van der Waals surface area contributed by atoms with Crippen LogP contribution in [0.4, 0.5) is 0 Å². The van der Waals surface area contributed by atoms with Crippen molar-refractivity contribution in [3.05, 3.63) is 248 Å². The van der Waals surface area contributed by atoms with Crippen molar-refractivity contribution in [2.75, 3.05) is 0 Å². The standard InChI is InChI=1S/C68H82.2Li/c1-12-48(4)42-64(56-34-26-51(7)27-35-56)58-21-18-22-59(44-58)65(57-36-28-52(8)29-37-57)43-55(11)20-16-15-17-25-66-67(46-49(5)13-2,60-38-30-53(9)31-39-60)62-23-19-24-63(45-62)68(66,47-50(6)14-3)61-40-32-54(10)33-41-61;;/h15,17-19,21-41,44-45,48-50,55H,12-14,16,20,42-43,46-47H2,1-11H3;;/q-2;2*+1. The van der Waals surface area contributed by atoms with Gasteiger partial charge in [-0.2, -0.15) is 0 Å². The minimum Gasteiger partial charge on any atom is -0.129 e. The summed E-state index contributed by atoms with van der Waals surface area (Å²) in [5.41, 5.74) is 17.3. The molecule has 6 atom stereocenters. The van der Waals surface area contributed by atoms with Gasteiger partial charge in [0, 0.05) is 10.8 Å². The Balaban J connectivity index is 0.00000456. The summed E-state index contributed by atoms with van der Waals surface area (Å²) >= 11 is 0. The number of rotatable bonds is 21. The molecule has 0 spiro atoms. The minimum atomic E-state index is -0.273. The third kappa shape index (κ3) is 12.8. The van der Waals surface area contributed by atoms with Crippen LogP contribution < -0.4 is 37.7 Å². The van der Waals surface area contributed by atoms with Gasteiger partial charge in [-0.15, -0.1) is 82.6 Å². The minimum absolute atomic E-state index is 0. The Kier molecular flexibility index (Phi) is 21.0. The maximum atomic E-state index is 2.60. The van der Waals surface area contributed by atoms with Crippen LogP contribution in [-0.4, -0.2) is 0 Å². The van der Waals surface area contributed by atoms with Crippen molar-refractivity contribution in [3.8, 4) is 0 Å². The Bertz CT molecular complexity index is 2490. The normalized spacial score (nSPS) is 18.0. The zero-order valence-corrected chi connectivity index (χ0v) is 45.8. The summed E-state index contributed by atoms with van der Waals surface area (Å²) in [6.07, 6.45) is 17.4. The van der Waals surface area contributed by atoms with Crippen LogP contribution in [0.25, 0.3) is 0 Å². The monoisotopic (exact) mass is 913 g/mol. The van der Waals surface area contributed by atoms with E-state index in [1.807, 2.05) is 0 Å². The summed E-state index contributed by atoms with van der Waals surface area (Å²) in [5, 5.41) is 0. The van der Waals surface area contributed by atoms with Gasteiger partial charge in [0.15, 0.2) is 0 Å². The van der Waals surface area contributed by atoms with Crippen LogP contribution in [0.1, 0.15) is 173 Å². The molecule has 356 valence electrons. The SMILES string of the molecule is CCC(C)C[C-](c1ccc(C)cc1)c1cccc([C-](CC(C)CCC=CC=C2C(CC(C)CC)(c3ccc(C)cc3)c3cccc(c3)C2(CC(C)CC)c2ccc(C)cc2)c2ccc(C)cc2)c1.[Li+].[Li+]. The molecule has 2 heteroatoms. The van der Waals surface area contributed by atoms with Crippen LogP contribution in [0.5, 0.6) is 0 Å². The molecule has 0 amide bonds. The Labute approximate surface area is 451 Å². The fourth-order valence-corrected chi connectivity index (χ4v) is 11.1. The molecule has 7 rings (SSSR count). The van der Waals surface area contributed by atoms with Crippen molar-refractivity contribution in [1.29, 1.82) is 0 Å². The summed E-state index contributed by atoms with van der Waals surface area (Å²) in [6.45, 7) is 25.7. The number of hydrogen-bond donors (Lipinski definition) is 0. The summed E-state index contributed by atoms with van der Waals surface area (Å²) in [5.74, 6) is 5.08. The van der Waals surface area contributed by atoms with Gasteiger partial charge in [-0.05, 0) is 105 Å². The van der Waals surface area contributed by atoms with Gasteiger partial charge >= 0.3 is 37.7 Å². The second kappa shape index (κ2) is 25.9. The average Bonchev–Trinajstić information content (AvgIpc) is 3.35. The Hall–Kier alpha value is -4.27. The molecule has 0 aliphatic heterocycles. The molecule has 1 aliphatic carbocycles. The van der Waals surface area contributed by atoms with E-state index in [1.54, 1.807) is 5.57 Å². The molecule has 0 radical (unpaired) electrons. The molecule has 2 bridgehead atoms. The van der Waals surface area contributed by atoms with Gasteiger partial charge in [-0.1, -0.05) is 218 Å². The molecular formula is C68H82Li2. The number of allylic oxidation sites excluding steroid dienone is 4. The van der Waals surface area contributed by atoms with Gasteiger partial charge in [0.05, 0.1) is 0 Å². The summed E-state index contributed by atoms with van der Waals surface area (Å²) in [7, 11) is 0. The van der Waals surface area contributed by atoms with Gasteiger partial charge in [-0.3, -0.25) is 0 Å². The number of fused-ring (bicyclic) bond motifs is 2. The molecule has 6 aromatic carbocycles. The predicted octanol–water partition coefficient (Wildman–Crippen LogP) is 12.8. The molecule has 1 aliphatic rings. The molecule has 0 fully saturated rings. The van der Waals surface area contributed by atoms with E-state index < -0.39 is 0 Å². The smallest absolute Gasteiger partial charge is 0.129 e. The molecular weight excluding hydrogens is 831 g/mol. The van der Waals surface area contributed by atoms with Crippen molar-refractivity contribution in [1.82, 2.24) is 0 Å². The van der Waals surface area contributed by atoms with E-state index in [0.29, 0.717) is 23.7 Å². The van der Waals surface area contributed by atoms with Gasteiger partial charge in [0.2, 0.25) is 0 Å². The van der Waals surface area contributed by atoms with E-state index in [9.17, 15) is 0 Å². The van der Waals surface area contributed by atoms with E-state index in [1.165, 1.54) is 85.0 Å². The van der Waals surface area contributed by atoms with E-state index in [4.69, 9.17) is 0 Å². The number of aryl methyl sites for hydroxylation is 4. The molecule has 0 N–H and O–H groups in total. The van der Waals surface area contributed by atoms with Crippen LogP contribution in [0.3, 0.4) is 0 Å². The quantitative estimate of drug-likeness (QED) is 0.0499. The van der Waals surface area contributed by atoms with Crippen molar-refractivity contribution in [2.45, 2.75) is 145 Å². The Morgan fingerprint density at radius 1 is 0.429 bits per heavy atom. The topological polar surface area (TPSA) is 0 Å². The molecule has 0 aromatic heterocycles. The first-order valence-electron chi connectivity index (χ1n) is 26.4. The largest absolute Gasteiger partial charge is 1.00 e. The van der Waals surface area contributed by atoms with Gasteiger partial charge in [0.25, 0.3) is 0 Å².